The third kappa shape index (κ3) is 5.53. The molecule has 0 aromatic heterocycles. The predicted molar refractivity (Wildman–Crippen MR) is 113 cm³/mol. The Morgan fingerprint density at radius 2 is 1.74 bits per heavy atom. The molecule has 0 radical (unpaired) electrons. The predicted octanol–water partition coefficient (Wildman–Crippen LogP) is 5.78. The van der Waals surface area contributed by atoms with Crippen LogP contribution in [0.2, 0.25) is 0 Å². The van der Waals surface area contributed by atoms with Crippen molar-refractivity contribution in [3.8, 4) is 5.75 Å². The van der Waals surface area contributed by atoms with Gasteiger partial charge in [-0.25, -0.2) is 4.99 Å². The van der Waals surface area contributed by atoms with Gasteiger partial charge < -0.3 is 5.11 Å². The number of aryl methyl sites for hydroxylation is 1. The highest BCUT2D eigenvalue weighted by atomic mass is 16.3. The second-order valence-corrected chi connectivity index (χ2v) is 7.72. The summed E-state index contributed by atoms with van der Waals surface area (Å²) in [7, 11) is 0. The van der Waals surface area contributed by atoms with Crippen molar-refractivity contribution in [1.82, 2.24) is 0 Å². The molecular formula is C24H31NO2. The van der Waals surface area contributed by atoms with Crippen LogP contribution in [0.5, 0.6) is 5.75 Å². The minimum absolute atomic E-state index is 0.194. The molecule has 0 bridgehead atoms. The smallest absolute Gasteiger partial charge is 0.242 e. The summed E-state index contributed by atoms with van der Waals surface area (Å²) in [4.78, 5) is 15.4. The maximum absolute atomic E-state index is 11.4. The van der Waals surface area contributed by atoms with E-state index in [1.165, 1.54) is 12.5 Å². The van der Waals surface area contributed by atoms with E-state index in [0.29, 0.717) is 5.75 Å². The van der Waals surface area contributed by atoms with Gasteiger partial charge in [-0.3, -0.25) is 4.79 Å². The first kappa shape index (κ1) is 20.9. The van der Waals surface area contributed by atoms with Crippen LogP contribution < -0.4 is 0 Å². The molecule has 0 aliphatic heterocycles. The SMILES string of the molecule is CC(=O)N=Cc1cc(C(C)C)c(O)c(C(C)C)c1CCCc1ccccc1. The van der Waals surface area contributed by atoms with Gasteiger partial charge in [0.25, 0.3) is 0 Å². The lowest BCUT2D eigenvalue weighted by Gasteiger charge is -2.22. The first-order chi connectivity index (χ1) is 12.8. The summed E-state index contributed by atoms with van der Waals surface area (Å²) >= 11 is 0. The van der Waals surface area contributed by atoms with Crippen LogP contribution in [0.25, 0.3) is 0 Å². The van der Waals surface area contributed by atoms with Crippen molar-refractivity contribution in [3.63, 3.8) is 0 Å². The van der Waals surface area contributed by atoms with Gasteiger partial charge >= 0.3 is 0 Å². The van der Waals surface area contributed by atoms with Crippen molar-refractivity contribution >= 4 is 12.1 Å². The van der Waals surface area contributed by atoms with Crippen LogP contribution in [0.4, 0.5) is 0 Å². The normalized spacial score (nSPS) is 11.7. The zero-order valence-corrected chi connectivity index (χ0v) is 17.1. The fraction of sp³-hybridized carbons (Fsp3) is 0.417. The number of aliphatic imine (C=N–C) groups is 1. The molecule has 144 valence electrons. The van der Waals surface area contributed by atoms with Gasteiger partial charge in [0.15, 0.2) is 0 Å². The minimum atomic E-state index is -0.212. The molecule has 3 heteroatoms. The lowest BCUT2D eigenvalue weighted by molar-refractivity contribution is -0.115. The number of phenols is 1. The van der Waals surface area contributed by atoms with Crippen molar-refractivity contribution in [3.05, 3.63) is 64.2 Å². The number of carbonyl (C=O) groups excluding carboxylic acids is 1. The molecule has 3 nitrogen and oxygen atoms in total. The summed E-state index contributed by atoms with van der Waals surface area (Å²) in [5.74, 6) is 0.579. The minimum Gasteiger partial charge on any atom is -0.507 e. The lowest BCUT2D eigenvalue weighted by Crippen LogP contribution is -2.07. The van der Waals surface area contributed by atoms with Crippen LogP contribution in [0.1, 0.15) is 80.7 Å². The molecule has 0 aliphatic rings. The number of phenolic OH excluding ortho intramolecular Hbond substituents is 1. The molecule has 0 spiro atoms. The molecule has 0 heterocycles. The zero-order chi connectivity index (χ0) is 20.0. The van der Waals surface area contributed by atoms with Crippen molar-refractivity contribution in [2.75, 3.05) is 0 Å². The summed E-state index contributed by atoms with van der Waals surface area (Å²) in [6.07, 6.45) is 4.46. The molecule has 27 heavy (non-hydrogen) atoms. The van der Waals surface area contributed by atoms with Crippen molar-refractivity contribution in [2.24, 2.45) is 4.99 Å². The van der Waals surface area contributed by atoms with Gasteiger partial charge in [-0.1, -0.05) is 58.0 Å². The first-order valence-corrected chi connectivity index (χ1v) is 9.78. The lowest BCUT2D eigenvalue weighted by atomic mass is 9.84. The van der Waals surface area contributed by atoms with Crippen LogP contribution in [0.15, 0.2) is 41.4 Å². The maximum Gasteiger partial charge on any atom is 0.242 e. The average Bonchev–Trinajstić information content (AvgIpc) is 2.61. The fourth-order valence-electron chi connectivity index (χ4n) is 3.51. The Bertz CT molecular complexity index is 805. The van der Waals surface area contributed by atoms with Crippen molar-refractivity contribution < 1.29 is 9.90 Å². The standard InChI is InChI=1S/C24H31NO2/c1-16(2)22-14-20(15-25-18(5)26)21(23(17(3)4)24(22)27)13-9-12-19-10-7-6-8-11-19/h6-8,10-11,14-17,27H,9,12-13H2,1-5H3. The average molecular weight is 366 g/mol. The summed E-state index contributed by atoms with van der Waals surface area (Å²) in [5.41, 5.74) is 5.26. The number of benzene rings is 2. The number of hydrogen-bond donors (Lipinski definition) is 1. The summed E-state index contributed by atoms with van der Waals surface area (Å²) in [5, 5.41) is 10.9. The van der Waals surface area contributed by atoms with Gasteiger partial charge in [-0.2, -0.15) is 0 Å². The molecule has 0 aliphatic carbocycles. The van der Waals surface area contributed by atoms with Gasteiger partial charge in [0.1, 0.15) is 5.75 Å². The molecule has 0 atom stereocenters. The number of amides is 1. The second kappa shape index (κ2) is 9.50. The van der Waals surface area contributed by atoms with E-state index in [2.05, 4.69) is 57.0 Å². The molecule has 0 unspecified atom stereocenters. The van der Waals surface area contributed by atoms with Crippen LogP contribution in [-0.2, 0) is 17.6 Å². The van der Waals surface area contributed by atoms with E-state index in [4.69, 9.17) is 0 Å². The third-order valence-electron chi connectivity index (χ3n) is 4.83. The van der Waals surface area contributed by atoms with Gasteiger partial charge in [0, 0.05) is 18.7 Å². The molecule has 0 saturated heterocycles. The van der Waals surface area contributed by atoms with Crippen LogP contribution in [0, 0.1) is 0 Å². The molecule has 2 rings (SSSR count). The Hall–Kier alpha value is -2.42. The third-order valence-corrected chi connectivity index (χ3v) is 4.83. The highest BCUT2D eigenvalue weighted by molar-refractivity contribution is 5.92. The number of carbonyl (C=O) groups is 1. The highest BCUT2D eigenvalue weighted by Crippen LogP contribution is 2.38. The van der Waals surface area contributed by atoms with Crippen LogP contribution in [-0.4, -0.2) is 17.2 Å². The number of aromatic hydroxyl groups is 1. The monoisotopic (exact) mass is 365 g/mol. The van der Waals surface area contributed by atoms with Crippen molar-refractivity contribution in [1.29, 1.82) is 0 Å². The van der Waals surface area contributed by atoms with Crippen LogP contribution in [0.3, 0.4) is 0 Å². The van der Waals surface area contributed by atoms with E-state index in [1.54, 1.807) is 6.21 Å². The van der Waals surface area contributed by atoms with E-state index in [0.717, 1.165) is 41.5 Å². The summed E-state index contributed by atoms with van der Waals surface area (Å²) in [6.45, 7) is 9.80. The van der Waals surface area contributed by atoms with Gasteiger partial charge in [0.2, 0.25) is 5.91 Å². The fourth-order valence-corrected chi connectivity index (χ4v) is 3.51. The van der Waals surface area contributed by atoms with Gasteiger partial charge in [-0.05, 0) is 59.4 Å². The topological polar surface area (TPSA) is 49.7 Å². The highest BCUT2D eigenvalue weighted by Gasteiger charge is 2.20. The maximum atomic E-state index is 11.4. The molecule has 2 aromatic rings. The largest absolute Gasteiger partial charge is 0.507 e. The summed E-state index contributed by atoms with van der Waals surface area (Å²) < 4.78 is 0. The Morgan fingerprint density at radius 3 is 2.30 bits per heavy atom. The second-order valence-electron chi connectivity index (χ2n) is 7.72. The zero-order valence-electron chi connectivity index (χ0n) is 17.1. The summed E-state index contributed by atoms with van der Waals surface area (Å²) in [6, 6.07) is 12.4. The number of rotatable bonds is 7. The Morgan fingerprint density at radius 1 is 1.07 bits per heavy atom. The van der Waals surface area contributed by atoms with E-state index in [1.807, 2.05) is 12.1 Å². The Kier molecular flexibility index (Phi) is 7.35. The quantitative estimate of drug-likeness (QED) is 0.632. The molecule has 2 aromatic carbocycles. The molecule has 0 saturated carbocycles. The first-order valence-electron chi connectivity index (χ1n) is 9.78. The van der Waals surface area contributed by atoms with E-state index in [-0.39, 0.29) is 17.7 Å². The molecule has 1 N–H and O–H groups in total. The van der Waals surface area contributed by atoms with Gasteiger partial charge in [0.05, 0.1) is 0 Å². The number of hydrogen-bond acceptors (Lipinski definition) is 2. The van der Waals surface area contributed by atoms with E-state index in [9.17, 15) is 9.90 Å². The van der Waals surface area contributed by atoms with Gasteiger partial charge in [-0.15, -0.1) is 0 Å². The molecule has 0 fully saturated rings. The number of nitrogens with zero attached hydrogens (tertiary/aromatic N) is 1. The van der Waals surface area contributed by atoms with Crippen molar-refractivity contribution in [2.45, 2.75) is 65.7 Å². The Balaban J connectivity index is 2.44. The van der Waals surface area contributed by atoms with Crippen LogP contribution >= 0.6 is 0 Å². The van der Waals surface area contributed by atoms with E-state index < -0.39 is 0 Å². The Labute approximate surface area is 163 Å². The molecule has 1 amide bonds. The molecular weight excluding hydrogens is 334 g/mol. The van der Waals surface area contributed by atoms with E-state index >= 15 is 0 Å².